The van der Waals surface area contributed by atoms with Crippen LogP contribution in [0.15, 0.2) is 54.6 Å². The molecule has 4 aromatic rings. The molecule has 0 saturated carbocycles. The molecule has 0 bridgehead atoms. The van der Waals surface area contributed by atoms with Gasteiger partial charge in [-0.2, -0.15) is 0 Å². The van der Waals surface area contributed by atoms with Crippen LogP contribution in [0.5, 0.6) is 11.5 Å². The summed E-state index contributed by atoms with van der Waals surface area (Å²) in [6, 6.07) is 15.3. The van der Waals surface area contributed by atoms with Crippen molar-refractivity contribution in [3.63, 3.8) is 0 Å². The number of rotatable bonds is 7. The third kappa shape index (κ3) is 5.63. The van der Waals surface area contributed by atoms with Crippen molar-refractivity contribution in [3.8, 4) is 11.5 Å². The first-order chi connectivity index (χ1) is 16.6. The summed E-state index contributed by atoms with van der Waals surface area (Å²) in [7, 11) is -0.401. The van der Waals surface area contributed by atoms with E-state index in [1.807, 2.05) is 0 Å². The Morgan fingerprint density at radius 2 is 1.80 bits per heavy atom. The molecule has 1 aromatic heterocycles. The van der Waals surface area contributed by atoms with Gasteiger partial charge >= 0.3 is 0 Å². The number of nitrogens with one attached hydrogen (secondary N) is 1. The maximum atomic E-state index is 13.8. The summed E-state index contributed by atoms with van der Waals surface area (Å²) in [6.45, 7) is 0. The quantitative estimate of drug-likeness (QED) is 0.251. The van der Waals surface area contributed by atoms with Gasteiger partial charge in [-0.05, 0) is 71.1 Å². The average molecular weight is 644 g/mol. The number of aromatic nitrogens is 1. The van der Waals surface area contributed by atoms with Crippen molar-refractivity contribution in [1.29, 1.82) is 0 Å². The van der Waals surface area contributed by atoms with Gasteiger partial charge in [0.15, 0.2) is 16.6 Å². The first-order valence-electron chi connectivity index (χ1n) is 9.99. The van der Waals surface area contributed by atoms with E-state index in [1.165, 1.54) is 30.5 Å². The van der Waals surface area contributed by atoms with Crippen molar-refractivity contribution < 1.29 is 22.7 Å². The van der Waals surface area contributed by atoms with Crippen molar-refractivity contribution in [2.45, 2.75) is 0 Å². The van der Waals surface area contributed by atoms with Gasteiger partial charge in [0.25, 0.3) is 5.91 Å². The molecule has 8 nitrogen and oxygen atoms in total. The molecule has 0 fully saturated rings. The number of hydrogen-bond donors (Lipinski definition) is 1. The number of amides is 1. The summed E-state index contributed by atoms with van der Waals surface area (Å²) in [5.74, 6) is 0.571. The van der Waals surface area contributed by atoms with Crippen LogP contribution in [0.4, 0.5) is 16.5 Å². The Bertz CT molecular complexity index is 1540. The SMILES string of the molecule is COc1ccc(N(C(=O)c2ccc(I)cc2Cl)c2nc3ccc(NS(C)(=O)=O)cc3s2)cc1OC. The molecule has 1 amide bonds. The molecule has 3 aromatic carbocycles. The molecule has 0 atom stereocenters. The van der Waals surface area contributed by atoms with Crippen molar-refractivity contribution in [2.24, 2.45) is 0 Å². The fourth-order valence-corrected chi connectivity index (χ4v) is 5.86. The molecule has 4 rings (SSSR count). The lowest BCUT2D eigenvalue weighted by molar-refractivity contribution is 0.0999. The van der Waals surface area contributed by atoms with Crippen LogP contribution < -0.4 is 19.1 Å². The number of thiazole rings is 1. The molecule has 12 heteroatoms. The minimum absolute atomic E-state index is 0.306. The molecule has 1 N–H and O–H groups in total. The van der Waals surface area contributed by atoms with Gasteiger partial charge in [-0.25, -0.2) is 13.4 Å². The highest BCUT2D eigenvalue weighted by Gasteiger charge is 2.26. The van der Waals surface area contributed by atoms with E-state index >= 15 is 0 Å². The van der Waals surface area contributed by atoms with Crippen molar-refractivity contribution in [1.82, 2.24) is 4.98 Å². The molecule has 35 heavy (non-hydrogen) atoms. The lowest BCUT2D eigenvalue weighted by atomic mass is 10.1. The molecule has 0 aliphatic rings. The van der Waals surface area contributed by atoms with Crippen LogP contribution in [0, 0.1) is 3.57 Å². The zero-order chi connectivity index (χ0) is 25.3. The first-order valence-corrected chi connectivity index (χ1v) is 14.2. The van der Waals surface area contributed by atoms with Gasteiger partial charge in [-0.15, -0.1) is 0 Å². The second-order valence-corrected chi connectivity index (χ2v) is 11.8. The van der Waals surface area contributed by atoms with Gasteiger partial charge < -0.3 is 9.47 Å². The number of benzene rings is 3. The zero-order valence-electron chi connectivity index (χ0n) is 18.7. The molecular formula is C23H19ClIN3O5S2. The predicted molar refractivity (Wildman–Crippen MR) is 148 cm³/mol. The number of anilines is 3. The molecule has 1 heterocycles. The zero-order valence-corrected chi connectivity index (χ0v) is 23.3. The molecule has 0 aliphatic carbocycles. The van der Waals surface area contributed by atoms with Crippen LogP contribution in [0.3, 0.4) is 0 Å². The summed E-state index contributed by atoms with van der Waals surface area (Å²) in [5.41, 5.74) is 1.81. The average Bonchev–Trinajstić information content (AvgIpc) is 3.20. The molecule has 0 unspecified atom stereocenters. The Kier molecular flexibility index (Phi) is 7.40. The molecule has 0 aliphatic heterocycles. The Labute approximate surface area is 225 Å². The van der Waals surface area contributed by atoms with E-state index in [2.05, 4.69) is 32.3 Å². The number of nitrogens with zero attached hydrogens (tertiary/aromatic N) is 2. The second-order valence-electron chi connectivity index (χ2n) is 7.36. The standard InChI is InChI=1S/C23H19ClIN3O5S2/c1-32-19-9-6-15(12-20(19)33-2)28(22(29)16-7-4-13(25)10-17(16)24)23-26-18-8-5-14(11-21(18)34-23)27-35(3,30)31/h4-12,27H,1-3H3. The highest BCUT2D eigenvalue weighted by atomic mass is 127. The maximum absolute atomic E-state index is 13.8. The third-order valence-electron chi connectivity index (χ3n) is 4.86. The highest BCUT2D eigenvalue weighted by molar-refractivity contribution is 14.1. The number of hydrogen-bond acceptors (Lipinski definition) is 7. The van der Waals surface area contributed by atoms with Gasteiger partial charge in [-0.1, -0.05) is 22.9 Å². The number of sulfonamides is 1. The smallest absolute Gasteiger partial charge is 0.266 e. The van der Waals surface area contributed by atoms with Crippen molar-refractivity contribution in [2.75, 3.05) is 30.1 Å². The number of carbonyl (C=O) groups excluding carboxylic acids is 1. The minimum atomic E-state index is -3.44. The van der Waals surface area contributed by atoms with Crippen molar-refractivity contribution >= 4 is 88.2 Å². The Hall–Kier alpha value is -2.61. The second kappa shape index (κ2) is 10.2. The van der Waals surface area contributed by atoms with Gasteiger partial charge in [0, 0.05) is 9.64 Å². The number of ether oxygens (including phenoxy) is 2. The number of methoxy groups -OCH3 is 2. The van der Waals surface area contributed by atoms with E-state index in [1.54, 1.807) is 54.6 Å². The summed E-state index contributed by atoms with van der Waals surface area (Å²) >= 11 is 9.80. The minimum Gasteiger partial charge on any atom is -0.493 e. The van der Waals surface area contributed by atoms with Gasteiger partial charge in [-0.3, -0.25) is 14.4 Å². The van der Waals surface area contributed by atoms with Crippen LogP contribution in [0.1, 0.15) is 10.4 Å². The predicted octanol–water partition coefficient (Wildman–Crippen LogP) is 5.92. The molecule has 0 radical (unpaired) electrons. The van der Waals surface area contributed by atoms with Gasteiger partial charge in [0.2, 0.25) is 10.0 Å². The fourth-order valence-electron chi connectivity index (χ4n) is 3.35. The van der Waals surface area contributed by atoms with Gasteiger partial charge in [0.1, 0.15) is 0 Å². The van der Waals surface area contributed by atoms with Crippen LogP contribution in [-0.2, 0) is 10.0 Å². The van der Waals surface area contributed by atoms with Crippen LogP contribution in [-0.4, -0.2) is 39.8 Å². The van der Waals surface area contributed by atoms with Crippen LogP contribution >= 0.6 is 45.5 Å². The molecule has 0 saturated heterocycles. The normalized spacial score (nSPS) is 11.3. The number of halogens is 2. The van der Waals surface area contributed by atoms with E-state index in [0.29, 0.717) is 48.8 Å². The summed E-state index contributed by atoms with van der Waals surface area (Å²) in [4.78, 5) is 19.9. The Morgan fingerprint density at radius 1 is 1.06 bits per heavy atom. The molecule has 182 valence electrons. The van der Waals surface area contributed by atoms with E-state index in [-0.39, 0.29) is 5.91 Å². The number of carbonyl (C=O) groups is 1. The Balaban J connectivity index is 1.87. The summed E-state index contributed by atoms with van der Waals surface area (Å²) in [6.07, 6.45) is 1.08. The van der Waals surface area contributed by atoms with Crippen LogP contribution in [0.25, 0.3) is 10.2 Å². The first kappa shape index (κ1) is 25.5. The fraction of sp³-hybridized carbons (Fsp3) is 0.130. The lowest BCUT2D eigenvalue weighted by Crippen LogP contribution is -2.26. The van der Waals surface area contributed by atoms with E-state index in [9.17, 15) is 13.2 Å². The highest BCUT2D eigenvalue weighted by Crippen LogP contribution is 2.39. The molecular weight excluding hydrogens is 625 g/mol. The number of fused-ring (bicyclic) bond motifs is 1. The lowest BCUT2D eigenvalue weighted by Gasteiger charge is -2.22. The molecule has 0 spiro atoms. The summed E-state index contributed by atoms with van der Waals surface area (Å²) in [5, 5.41) is 0.691. The van der Waals surface area contributed by atoms with E-state index in [4.69, 9.17) is 21.1 Å². The van der Waals surface area contributed by atoms with E-state index < -0.39 is 10.0 Å². The monoisotopic (exact) mass is 643 g/mol. The largest absolute Gasteiger partial charge is 0.493 e. The van der Waals surface area contributed by atoms with E-state index in [0.717, 1.165) is 9.83 Å². The third-order valence-corrected chi connectivity index (χ3v) is 7.46. The Morgan fingerprint density at radius 3 is 2.46 bits per heavy atom. The maximum Gasteiger partial charge on any atom is 0.266 e. The van der Waals surface area contributed by atoms with Crippen molar-refractivity contribution in [3.05, 3.63) is 68.8 Å². The topological polar surface area (TPSA) is 97.8 Å². The van der Waals surface area contributed by atoms with Crippen LogP contribution in [0.2, 0.25) is 5.02 Å². The van der Waals surface area contributed by atoms with Gasteiger partial charge in [0.05, 0.1) is 52.7 Å². The summed E-state index contributed by atoms with van der Waals surface area (Å²) < 4.78 is 38.1.